The molecule has 5 nitrogen and oxygen atoms in total. The predicted octanol–water partition coefficient (Wildman–Crippen LogP) is 5.50. The number of allylic oxidation sites excluding steroid dienone is 1. The number of rotatable bonds is 5. The normalized spacial score (nSPS) is 13.2. The van der Waals surface area contributed by atoms with Crippen LogP contribution < -0.4 is 9.62 Å². The Labute approximate surface area is 182 Å². The molecule has 1 aliphatic heterocycles. The highest BCUT2D eigenvalue weighted by Crippen LogP contribution is 2.33. The molecule has 0 unspecified atom stereocenters. The Kier molecular flexibility index (Phi) is 6.59. The van der Waals surface area contributed by atoms with Gasteiger partial charge in [-0.2, -0.15) is 0 Å². The highest BCUT2D eigenvalue weighted by Gasteiger charge is 2.20. The standard InChI is InChI=1S/C23H21N3O2S.ClH/c1-2-18-7-5-8-19(17-18)25-29(27,28)23-12-11-22(20-9-3-4-10-21(20)23)26-15-6-13-24-14-16-26;/h3-17,25H,2H2,1H3;1H. The Hall–Kier alpha value is -3.09. The van der Waals surface area contributed by atoms with E-state index in [1.54, 1.807) is 24.5 Å². The van der Waals surface area contributed by atoms with Gasteiger partial charge in [0.2, 0.25) is 0 Å². The van der Waals surface area contributed by atoms with Gasteiger partial charge in [-0.3, -0.25) is 9.71 Å². The summed E-state index contributed by atoms with van der Waals surface area (Å²) in [4.78, 5) is 6.27. The van der Waals surface area contributed by atoms with Crippen molar-refractivity contribution in [1.29, 1.82) is 0 Å². The van der Waals surface area contributed by atoms with Crippen LogP contribution in [0.4, 0.5) is 11.4 Å². The average molecular weight is 440 g/mol. The first-order chi connectivity index (χ1) is 14.1. The Balaban J connectivity index is 0.00000256. The summed E-state index contributed by atoms with van der Waals surface area (Å²) in [6.45, 7) is 2.04. The smallest absolute Gasteiger partial charge is 0.262 e. The van der Waals surface area contributed by atoms with Crippen molar-refractivity contribution in [3.05, 3.63) is 90.9 Å². The molecule has 0 bridgehead atoms. The topological polar surface area (TPSA) is 61.8 Å². The Bertz CT molecular complexity index is 1230. The largest absolute Gasteiger partial charge is 0.322 e. The molecule has 4 rings (SSSR count). The van der Waals surface area contributed by atoms with Crippen LogP contribution in [-0.2, 0) is 16.4 Å². The van der Waals surface area contributed by atoms with Crippen LogP contribution in [0.25, 0.3) is 10.8 Å². The van der Waals surface area contributed by atoms with Crippen molar-refractivity contribution in [2.24, 2.45) is 4.99 Å². The van der Waals surface area contributed by atoms with Crippen molar-refractivity contribution in [2.75, 3.05) is 9.62 Å². The highest BCUT2D eigenvalue weighted by atomic mass is 35.5. The molecule has 0 aliphatic carbocycles. The van der Waals surface area contributed by atoms with Gasteiger partial charge >= 0.3 is 0 Å². The zero-order chi connectivity index (χ0) is 20.3. The molecule has 0 fully saturated rings. The summed E-state index contributed by atoms with van der Waals surface area (Å²) in [5, 5.41) is 1.50. The molecule has 0 amide bonds. The Morgan fingerprint density at radius 2 is 1.77 bits per heavy atom. The summed E-state index contributed by atoms with van der Waals surface area (Å²) in [6, 6.07) is 18.4. The minimum atomic E-state index is -3.75. The number of sulfonamides is 1. The Morgan fingerprint density at radius 1 is 0.967 bits per heavy atom. The lowest BCUT2D eigenvalue weighted by Gasteiger charge is -2.19. The van der Waals surface area contributed by atoms with Crippen molar-refractivity contribution in [3.63, 3.8) is 0 Å². The maximum atomic E-state index is 13.2. The molecule has 0 radical (unpaired) electrons. The van der Waals surface area contributed by atoms with Crippen molar-refractivity contribution in [1.82, 2.24) is 0 Å². The van der Waals surface area contributed by atoms with Crippen LogP contribution >= 0.6 is 12.4 Å². The van der Waals surface area contributed by atoms with E-state index in [1.807, 2.05) is 78.8 Å². The number of fused-ring (bicyclic) bond motifs is 1. The number of benzene rings is 3. The molecule has 3 aromatic rings. The number of halogens is 1. The number of hydrogen-bond acceptors (Lipinski definition) is 4. The lowest BCUT2D eigenvalue weighted by atomic mass is 10.1. The van der Waals surface area contributed by atoms with Crippen molar-refractivity contribution >= 4 is 50.8 Å². The summed E-state index contributed by atoms with van der Waals surface area (Å²) < 4.78 is 29.1. The third-order valence-corrected chi connectivity index (χ3v) is 6.19. The van der Waals surface area contributed by atoms with E-state index in [0.717, 1.165) is 23.1 Å². The van der Waals surface area contributed by atoms with Crippen LogP contribution in [0.15, 0.2) is 95.2 Å². The summed E-state index contributed by atoms with van der Waals surface area (Å²) in [5.41, 5.74) is 2.52. The van der Waals surface area contributed by atoms with Crippen molar-refractivity contribution in [3.8, 4) is 0 Å². The number of anilines is 2. The summed E-state index contributed by atoms with van der Waals surface area (Å²) in [7, 11) is -3.75. The van der Waals surface area contributed by atoms with Gasteiger partial charge in [-0.15, -0.1) is 12.4 Å². The third-order valence-electron chi connectivity index (χ3n) is 4.75. The number of aryl methyl sites for hydroxylation is 1. The van der Waals surface area contributed by atoms with Gasteiger partial charge < -0.3 is 4.90 Å². The predicted molar refractivity (Wildman–Crippen MR) is 127 cm³/mol. The lowest BCUT2D eigenvalue weighted by Crippen LogP contribution is -2.14. The first-order valence-corrected chi connectivity index (χ1v) is 10.9. The van der Waals surface area contributed by atoms with Gasteiger partial charge in [0, 0.05) is 41.3 Å². The molecule has 30 heavy (non-hydrogen) atoms. The second-order valence-electron chi connectivity index (χ2n) is 6.63. The van der Waals surface area contributed by atoms with E-state index >= 15 is 0 Å². The average Bonchev–Trinajstić information content (AvgIpc) is 3.02. The molecule has 1 heterocycles. The molecule has 1 N–H and O–H groups in total. The van der Waals surface area contributed by atoms with E-state index in [2.05, 4.69) is 9.71 Å². The van der Waals surface area contributed by atoms with Crippen LogP contribution in [0.5, 0.6) is 0 Å². The van der Waals surface area contributed by atoms with Gasteiger partial charge in [-0.1, -0.05) is 43.3 Å². The van der Waals surface area contributed by atoms with Gasteiger partial charge in [-0.05, 0) is 42.3 Å². The second-order valence-corrected chi connectivity index (χ2v) is 8.28. The van der Waals surface area contributed by atoms with Crippen LogP contribution in [0, 0.1) is 0 Å². The summed E-state index contributed by atoms with van der Waals surface area (Å²) in [5.74, 6) is 0. The molecule has 0 atom stereocenters. The van der Waals surface area contributed by atoms with E-state index in [1.165, 1.54) is 0 Å². The second kappa shape index (κ2) is 9.15. The molecular formula is C23H22ClN3O2S. The maximum absolute atomic E-state index is 13.2. The minimum Gasteiger partial charge on any atom is -0.322 e. The van der Waals surface area contributed by atoms with Crippen molar-refractivity contribution in [2.45, 2.75) is 18.2 Å². The van der Waals surface area contributed by atoms with E-state index in [4.69, 9.17) is 0 Å². The van der Waals surface area contributed by atoms with E-state index in [9.17, 15) is 8.42 Å². The van der Waals surface area contributed by atoms with Gasteiger partial charge in [-0.25, -0.2) is 8.42 Å². The molecule has 7 heteroatoms. The number of aliphatic imine (C=N–C) groups is 1. The highest BCUT2D eigenvalue weighted by molar-refractivity contribution is 7.93. The van der Waals surface area contributed by atoms with Gasteiger partial charge in [0.25, 0.3) is 10.0 Å². The first kappa shape index (κ1) is 21.6. The van der Waals surface area contributed by atoms with Crippen LogP contribution in [0.3, 0.4) is 0 Å². The fourth-order valence-electron chi connectivity index (χ4n) is 3.33. The molecule has 3 aromatic carbocycles. The van der Waals surface area contributed by atoms with E-state index < -0.39 is 10.0 Å². The van der Waals surface area contributed by atoms with Crippen LogP contribution in [0.1, 0.15) is 12.5 Å². The SMILES string of the molecule is CCc1cccc(NS(=O)(=O)c2ccc(N3C=CC=NC=C3)c3ccccc23)c1.Cl. The minimum absolute atomic E-state index is 0. The monoisotopic (exact) mass is 439 g/mol. The summed E-state index contributed by atoms with van der Waals surface area (Å²) >= 11 is 0. The van der Waals surface area contributed by atoms with Gasteiger partial charge in [0.15, 0.2) is 0 Å². The fourth-order valence-corrected chi connectivity index (χ4v) is 4.59. The van der Waals surface area contributed by atoms with E-state index in [0.29, 0.717) is 11.1 Å². The molecule has 0 spiro atoms. The van der Waals surface area contributed by atoms with E-state index in [-0.39, 0.29) is 17.3 Å². The van der Waals surface area contributed by atoms with Crippen LogP contribution in [-0.4, -0.2) is 14.6 Å². The molecule has 0 aromatic heterocycles. The maximum Gasteiger partial charge on any atom is 0.262 e. The molecule has 0 saturated carbocycles. The zero-order valence-corrected chi connectivity index (χ0v) is 18.0. The molecule has 1 aliphatic rings. The number of hydrogen-bond donors (Lipinski definition) is 1. The van der Waals surface area contributed by atoms with Crippen molar-refractivity contribution < 1.29 is 8.42 Å². The molecular weight excluding hydrogens is 418 g/mol. The number of nitrogens with one attached hydrogen (secondary N) is 1. The fraction of sp³-hybridized carbons (Fsp3) is 0.0870. The third kappa shape index (κ3) is 4.40. The first-order valence-electron chi connectivity index (χ1n) is 9.37. The van der Waals surface area contributed by atoms with Crippen LogP contribution in [0.2, 0.25) is 0 Å². The molecule has 0 saturated heterocycles. The quantitative estimate of drug-likeness (QED) is 0.570. The number of nitrogens with zero attached hydrogens (tertiary/aromatic N) is 2. The zero-order valence-electron chi connectivity index (χ0n) is 16.4. The summed E-state index contributed by atoms with van der Waals surface area (Å²) in [6.07, 6.45) is 9.80. The lowest BCUT2D eigenvalue weighted by molar-refractivity contribution is 0.602. The molecule has 154 valence electrons. The van der Waals surface area contributed by atoms with Gasteiger partial charge in [0.05, 0.1) is 10.6 Å². The Morgan fingerprint density at radius 3 is 2.57 bits per heavy atom. The van der Waals surface area contributed by atoms with Gasteiger partial charge in [0.1, 0.15) is 0 Å².